The number of aryl methyl sites for hydroxylation is 2. The molecule has 1 aliphatic rings. The van der Waals surface area contributed by atoms with Crippen molar-refractivity contribution in [3.63, 3.8) is 0 Å². The van der Waals surface area contributed by atoms with Crippen molar-refractivity contribution in [1.29, 1.82) is 0 Å². The van der Waals surface area contributed by atoms with Crippen LogP contribution in [0.5, 0.6) is 0 Å². The quantitative estimate of drug-likeness (QED) is 0.892. The lowest BCUT2D eigenvalue weighted by molar-refractivity contribution is 0.373. The normalized spacial score (nSPS) is 23.9. The standard InChI is InChI=1S/C12H20N2O3S.ClH/c1-8-7-12(9(2)17-8)18(15,16)14-11-5-3-10(13)4-6-11;/h7,10-11,14H,3-6,13H2,1-2H3;1H. The van der Waals surface area contributed by atoms with Gasteiger partial charge in [-0.25, -0.2) is 13.1 Å². The van der Waals surface area contributed by atoms with E-state index in [0.29, 0.717) is 11.5 Å². The molecule has 0 saturated heterocycles. The molecule has 2 rings (SSSR count). The van der Waals surface area contributed by atoms with Gasteiger partial charge in [-0.15, -0.1) is 12.4 Å². The van der Waals surface area contributed by atoms with Crippen LogP contribution in [-0.4, -0.2) is 20.5 Å². The van der Waals surface area contributed by atoms with Crippen LogP contribution in [0.2, 0.25) is 0 Å². The van der Waals surface area contributed by atoms with Crippen LogP contribution in [0.3, 0.4) is 0 Å². The minimum atomic E-state index is -3.47. The highest BCUT2D eigenvalue weighted by atomic mass is 35.5. The van der Waals surface area contributed by atoms with Gasteiger partial charge < -0.3 is 10.2 Å². The van der Waals surface area contributed by atoms with Gasteiger partial charge in [-0.3, -0.25) is 0 Å². The number of halogens is 1. The van der Waals surface area contributed by atoms with E-state index in [4.69, 9.17) is 10.2 Å². The molecule has 1 aromatic heterocycles. The first-order valence-electron chi connectivity index (χ1n) is 6.23. The molecule has 0 atom stereocenters. The molecule has 1 fully saturated rings. The molecular weight excluding hydrogens is 288 g/mol. The fourth-order valence-electron chi connectivity index (χ4n) is 2.39. The zero-order chi connectivity index (χ0) is 13.3. The second-order valence-corrected chi connectivity index (χ2v) is 6.69. The largest absolute Gasteiger partial charge is 0.465 e. The monoisotopic (exact) mass is 308 g/mol. The Balaban J connectivity index is 0.00000180. The average molecular weight is 309 g/mol. The van der Waals surface area contributed by atoms with E-state index in [2.05, 4.69) is 4.72 Å². The third-order valence-electron chi connectivity index (χ3n) is 3.38. The fourth-order valence-corrected chi connectivity index (χ4v) is 3.94. The SMILES string of the molecule is Cc1cc(S(=O)(=O)NC2CCC(N)CC2)c(C)o1.Cl. The Morgan fingerprint density at radius 1 is 1.26 bits per heavy atom. The van der Waals surface area contributed by atoms with Crippen LogP contribution in [0.15, 0.2) is 15.4 Å². The van der Waals surface area contributed by atoms with Gasteiger partial charge in [-0.05, 0) is 45.6 Å². The highest BCUT2D eigenvalue weighted by Crippen LogP contribution is 2.22. The summed E-state index contributed by atoms with van der Waals surface area (Å²) in [6.45, 7) is 3.41. The maximum absolute atomic E-state index is 12.2. The van der Waals surface area contributed by atoms with Gasteiger partial charge in [0.2, 0.25) is 10.0 Å². The van der Waals surface area contributed by atoms with Crippen molar-refractivity contribution < 1.29 is 12.8 Å². The summed E-state index contributed by atoms with van der Waals surface area (Å²) in [6, 6.07) is 1.76. The third-order valence-corrected chi connectivity index (χ3v) is 5.01. The van der Waals surface area contributed by atoms with Gasteiger partial charge in [-0.1, -0.05) is 0 Å². The maximum Gasteiger partial charge on any atom is 0.244 e. The van der Waals surface area contributed by atoms with E-state index in [9.17, 15) is 8.42 Å². The van der Waals surface area contributed by atoms with Crippen molar-refractivity contribution in [2.24, 2.45) is 5.73 Å². The molecule has 0 bridgehead atoms. The minimum Gasteiger partial charge on any atom is -0.465 e. The van der Waals surface area contributed by atoms with Crippen molar-refractivity contribution in [2.75, 3.05) is 0 Å². The average Bonchev–Trinajstić information content (AvgIpc) is 2.62. The van der Waals surface area contributed by atoms with Crippen LogP contribution >= 0.6 is 12.4 Å². The van der Waals surface area contributed by atoms with Crippen molar-refractivity contribution in [3.05, 3.63) is 17.6 Å². The molecule has 0 unspecified atom stereocenters. The molecule has 0 spiro atoms. The molecule has 3 N–H and O–H groups in total. The highest BCUT2D eigenvalue weighted by Gasteiger charge is 2.26. The number of hydrogen-bond acceptors (Lipinski definition) is 4. The summed E-state index contributed by atoms with van der Waals surface area (Å²) in [4.78, 5) is 0.245. The lowest BCUT2D eigenvalue weighted by atomic mass is 9.93. The van der Waals surface area contributed by atoms with Crippen LogP contribution in [0.4, 0.5) is 0 Å². The van der Waals surface area contributed by atoms with E-state index < -0.39 is 10.0 Å². The second-order valence-electron chi connectivity index (χ2n) is 5.01. The second kappa shape index (κ2) is 6.26. The Hall–Kier alpha value is -0.560. The molecule has 0 aromatic carbocycles. The predicted molar refractivity (Wildman–Crippen MR) is 76.0 cm³/mol. The predicted octanol–water partition coefficient (Wildman–Crippen LogP) is 1.87. The first-order chi connectivity index (χ1) is 8.38. The first kappa shape index (κ1) is 16.5. The molecule has 7 heteroatoms. The Bertz CT molecular complexity index is 519. The Morgan fingerprint density at radius 3 is 2.32 bits per heavy atom. The lowest BCUT2D eigenvalue weighted by Gasteiger charge is -2.26. The summed E-state index contributed by atoms with van der Waals surface area (Å²) < 4.78 is 32.4. The highest BCUT2D eigenvalue weighted by molar-refractivity contribution is 7.89. The van der Waals surface area contributed by atoms with Gasteiger partial charge in [-0.2, -0.15) is 0 Å². The molecule has 0 amide bonds. The molecule has 5 nitrogen and oxygen atoms in total. The van der Waals surface area contributed by atoms with E-state index in [-0.39, 0.29) is 29.4 Å². The number of sulfonamides is 1. The molecule has 110 valence electrons. The molecule has 1 saturated carbocycles. The van der Waals surface area contributed by atoms with Gasteiger partial charge in [0.25, 0.3) is 0 Å². The summed E-state index contributed by atoms with van der Waals surface area (Å²) in [6.07, 6.45) is 3.35. The van der Waals surface area contributed by atoms with Gasteiger partial charge in [0, 0.05) is 12.1 Å². The van der Waals surface area contributed by atoms with Gasteiger partial charge >= 0.3 is 0 Å². The minimum absolute atomic E-state index is 0. The van der Waals surface area contributed by atoms with Gasteiger partial charge in [0.1, 0.15) is 16.4 Å². The van der Waals surface area contributed by atoms with E-state index in [0.717, 1.165) is 25.7 Å². The van der Waals surface area contributed by atoms with Gasteiger partial charge in [0.05, 0.1) is 0 Å². The van der Waals surface area contributed by atoms with Crippen LogP contribution in [0.25, 0.3) is 0 Å². The smallest absolute Gasteiger partial charge is 0.244 e. The molecule has 0 aliphatic heterocycles. The van der Waals surface area contributed by atoms with Crippen LogP contribution in [-0.2, 0) is 10.0 Å². The molecule has 1 aromatic rings. The number of nitrogens with two attached hydrogens (primary N) is 1. The summed E-state index contributed by atoms with van der Waals surface area (Å²) in [5.41, 5.74) is 5.81. The van der Waals surface area contributed by atoms with Crippen LogP contribution in [0, 0.1) is 13.8 Å². The molecule has 1 heterocycles. The Labute approximate surface area is 120 Å². The van der Waals surface area contributed by atoms with Crippen molar-refractivity contribution in [2.45, 2.75) is 56.5 Å². The summed E-state index contributed by atoms with van der Waals surface area (Å²) in [5, 5.41) is 0. The molecule has 0 radical (unpaired) electrons. The summed E-state index contributed by atoms with van der Waals surface area (Å²) >= 11 is 0. The fraction of sp³-hybridized carbons (Fsp3) is 0.667. The first-order valence-corrected chi connectivity index (χ1v) is 7.72. The maximum atomic E-state index is 12.2. The molecule has 19 heavy (non-hydrogen) atoms. The molecule has 1 aliphatic carbocycles. The Morgan fingerprint density at radius 2 is 1.84 bits per heavy atom. The van der Waals surface area contributed by atoms with Gasteiger partial charge in [0.15, 0.2) is 0 Å². The van der Waals surface area contributed by atoms with E-state index in [1.165, 1.54) is 0 Å². The summed E-state index contributed by atoms with van der Waals surface area (Å²) in [5.74, 6) is 1.05. The van der Waals surface area contributed by atoms with Crippen LogP contribution < -0.4 is 10.5 Å². The number of furan rings is 1. The zero-order valence-electron chi connectivity index (χ0n) is 11.2. The molecular formula is C12H21ClN2O3S. The third kappa shape index (κ3) is 3.95. The van der Waals surface area contributed by atoms with Crippen LogP contribution in [0.1, 0.15) is 37.2 Å². The lowest BCUT2D eigenvalue weighted by Crippen LogP contribution is -2.40. The van der Waals surface area contributed by atoms with Crippen molar-refractivity contribution in [1.82, 2.24) is 4.72 Å². The van der Waals surface area contributed by atoms with E-state index in [1.54, 1.807) is 19.9 Å². The topological polar surface area (TPSA) is 85.3 Å². The van der Waals surface area contributed by atoms with Crippen molar-refractivity contribution >= 4 is 22.4 Å². The number of rotatable bonds is 3. The van der Waals surface area contributed by atoms with E-state index in [1.807, 2.05) is 0 Å². The number of hydrogen-bond donors (Lipinski definition) is 2. The van der Waals surface area contributed by atoms with Crippen molar-refractivity contribution in [3.8, 4) is 0 Å². The zero-order valence-corrected chi connectivity index (χ0v) is 12.8. The Kier molecular flexibility index (Phi) is 5.43. The summed E-state index contributed by atoms with van der Waals surface area (Å²) in [7, 11) is -3.47. The number of nitrogens with one attached hydrogen (secondary N) is 1. The van der Waals surface area contributed by atoms with E-state index >= 15 is 0 Å².